The third-order valence-corrected chi connectivity index (χ3v) is 2.12. The van der Waals surface area contributed by atoms with Gasteiger partial charge in [0.25, 0.3) is 0 Å². The van der Waals surface area contributed by atoms with Crippen molar-refractivity contribution in [3.8, 4) is 0 Å². The molecule has 12 heavy (non-hydrogen) atoms. The molecule has 0 saturated heterocycles. The van der Waals surface area contributed by atoms with Crippen molar-refractivity contribution in [3.63, 3.8) is 0 Å². The minimum absolute atomic E-state index is 0.839. The van der Waals surface area contributed by atoms with Gasteiger partial charge in [0.2, 0.25) is 5.13 Å². The highest BCUT2D eigenvalue weighted by Gasteiger charge is 1.96. The second kappa shape index (κ2) is 5.05. The summed E-state index contributed by atoms with van der Waals surface area (Å²) in [6, 6.07) is 0. The number of hydrogen-bond donors (Lipinski definition) is 2. The maximum Gasteiger partial charge on any atom is 0.202 e. The molecule has 0 aliphatic rings. The second-order valence-electron chi connectivity index (χ2n) is 2.43. The van der Waals surface area contributed by atoms with E-state index in [1.54, 1.807) is 0 Å². The first-order valence-electron chi connectivity index (χ1n) is 4.08. The lowest BCUT2D eigenvalue weighted by Gasteiger charge is -2.01. The molecule has 1 rings (SSSR count). The number of likely N-dealkylation sites (N-methyl/N-ethyl adjacent to an activating group) is 1. The zero-order valence-electron chi connectivity index (χ0n) is 7.42. The molecule has 1 aromatic rings. The lowest BCUT2D eigenvalue weighted by Crippen LogP contribution is -2.21. The van der Waals surface area contributed by atoms with Crippen LogP contribution in [0.3, 0.4) is 0 Å². The molecule has 0 radical (unpaired) electrons. The first kappa shape index (κ1) is 9.41. The predicted molar refractivity (Wildman–Crippen MR) is 51.7 cm³/mol. The van der Waals surface area contributed by atoms with E-state index >= 15 is 0 Å². The summed E-state index contributed by atoms with van der Waals surface area (Å²) in [4.78, 5) is 4.18. The van der Waals surface area contributed by atoms with Crippen molar-refractivity contribution in [2.24, 2.45) is 0 Å². The summed E-state index contributed by atoms with van der Waals surface area (Å²) in [5.41, 5.74) is 0. The molecule has 1 aromatic heterocycles. The van der Waals surface area contributed by atoms with E-state index in [9.17, 15) is 0 Å². The summed E-state index contributed by atoms with van der Waals surface area (Å²) in [6.45, 7) is 6.87. The molecule has 2 N–H and O–H groups in total. The van der Waals surface area contributed by atoms with Gasteiger partial charge < -0.3 is 10.6 Å². The minimum Gasteiger partial charge on any atom is -0.359 e. The van der Waals surface area contributed by atoms with E-state index in [0.29, 0.717) is 0 Å². The predicted octanol–water partition coefficient (Wildman–Crippen LogP) is 0.868. The molecule has 0 aliphatic carbocycles. The average Bonchev–Trinajstić information content (AvgIpc) is 2.45. The highest BCUT2D eigenvalue weighted by molar-refractivity contribution is 7.09. The van der Waals surface area contributed by atoms with Crippen molar-refractivity contribution in [2.75, 3.05) is 25.0 Å². The summed E-state index contributed by atoms with van der Waals surface area (Å²) in [5, 5.41) is 7.31. The van der Waals surface area contributed by atoms with E-state index in [2.05, 4.69) is 26.9 Å². The molecule has 0 fully saturated rings. The molecule has 0 aromatic carbocycles. The summed E-state index contributed by atoms with van der Waals surface area (Å²) in [6.07, 6.45) is 0. The van der Waals surface area contributed by atoms with Gasteiger partial charge in [-0.1, -0.05) is 6.92 Å². The minimum atomic E-state index is 0.839. The fourth-order valence-electron chi connectivity index (χ4n) is 0.803. The monoisotopic (exact) mass is 186 g/mol. The number of hydrogen-bond acceptors (Lipinski definition) is 5. The van der Waals surface area contributed by atoms with Gasteiger partial charge in [-0.05, 0) is 13.5 Å². The van der Waals surface area contributed by atoms with Gasteiger partial charge in [0.05, 0.1) is 0 Å². The van der Waals surface area contributed by atoms with Crippen molar-refractivity contribution < 1.29 is 0 Å². The quantitative estimate of drug-likeness (QED) is 0.670. The Morgan fingerprint density at radius 1 is 1.42 bits per heavy atom. The first-order chi connectivity index (χ1) is 5.83. The van der Waals surface area contributed by atoms with Gasteiger partial charge >= 0.3 is 0 Å². The van der Waals surface area contributed by atoms with Gasteiger partial charge in [-0.15, -0.1) is 0 Å². The van der Waals surface area contributed by atoms with Gasteiger partial charge in [0, 0.05) is 24.6 Å². The molecule has 0 saturated carbocycles. The van der Waals surface area contributed by atoms with Crippen molar-refractivity contribution in [3.05, 3.63) is 5.82 Å². The van der Waals surface area contributed by atoms with Crippen LogP contribution in [0, 0.1) is 6.92 Å². The highest BCUT2D eigenvalue weighted by atomic mass is 32.1. The molecule has 0 bridgehead atoms. The molecule has 4 nitrogen and oxygen atoms in total. The van der Waals surface area contributed by atoms with Crippen LogP contribution in [0.4, 0.5) is 5.13 Å². The van der Waals surface area contributed by atoms with Crippen LogP contribution >= 0.6 is 11.5 Å². The van der Waals surface area contributed by atoms with Crippen LogP contribution in [-0.2, 0) is 0 Å². The van der Waals surface area contributed by atoms with E-state index in [1.165, 1.54) is 11.5 Å². The Balaban J connectivity index is 2.15. The van der Waals surface area contributed by atoms with Crippen LogP contribution in [0.2, 0.25) is 0 Å². The number of aromatic nitrogens is 2. The van der Waals surface area contributed by atoms with Crippen LogP contribution in [0.5, 0.6) is 0 Å². The van der Waals surface area contributed by atoms with Gasteiger partial charge in [-0.2, -0.15) is 4.37 Å². The molecule has 0 amide bonds. The van der Waals surface area contributed by atoms with Gasteiger partial charge in [-0.25, -0.2) is 4.98 Å². The van der Waals surface area contributed by atoms with Crippen molar-refractivity contribution in [1.29, 1.82) is 0 Å². The maximum atomic E-state index is 4.18. The smallest absolute Gasteiger partial charge is 0.202 e. The molecule has 68 valence electrons. The summed E-state index contributed by atoms with van der Waals surface area (Å²) >= 11 is 1.41. The largest absolute Gasteiger partial charge is 0.359 e. The molecular formula is C7H14N4S. The summed E-state index contributed by atoms with van der Waals surface area (Å²) in [7, 11) is 0. The third-order valence-electron chi connectivity index (χ3n) is 1.36. The fraction of sp³-hybridized carbons (Fsp3) is 0.714. The molecule has 1 heterocycles. The van der Waals surface area contributed by atoms with Gasteiger partial charge in [0.15, 0.2) is 0 Å². The van der Waals surface area contributed by atoms with Crippen LogP contribution in [0.15, 0.2) is 0 Å². The van der Waals surface area contributed by atoms with Crippen LogP contribution in [-0.4, -0.2) is 29.0 Å². The number of nitrogens with one attached hydrogen (secondary N) is 2. The third kappa shape index (κ3) is 3.15. The van der Waals surface area contributed by atoms with Crippen molar-refractivity contribution in [2.45, 2.75) is 13.8 Å². The summed E-state index contributed by atoms with van der Waals surface area (Å²) in [5.74, 6) is 0.839. The number of aryl methyl sites for hydroxylation is 1. The van der Waals surface area contributed by atoms with E-state index in [4.69, 9.17) is 0 Å². The Morgan fingerprint density at radius 2 is 2.25 bits per heavy atom. The molecule has 0 unspecified atom stereocenters. The highest BCUT2D eigenvalue weighted by Crippen LogP contribution is 2.08. The molecule has 0 spiro atoms. The van der Waals surface area contributed by atoms with E-state index in [-0.39, 0.29) is 0 Å². The van der Waals surface area contributed by atoms with E-state index in [0.717, 1.165) is 30.6 Å². The summed E-state index contributed by atoms with van der Waals surface area (Å²) < 4.78 is 4.06. The molecule has 0 atom stereocenters. The molecular weight excluding hydrogens is 172 g/mol. The SMILES string of the molecule is CCNCCNc1nc(C)ns1. The zero-order valence-corrected chi connectivity index (χ0v) is 8.24. The van der Waals surface area contributed by atoms with Gasteiger partial charge in [0.1, 0.15) is 5.82 Å². The number of rotatable bonds is 5. The Hall–Kier alpha value is -0.680. The number of anilines is 1. The Kier molecular flexibility index (Phi) is 3.96. The van der Waals surface area contributed by atoms with E-state index < -0.39 is 0 Å². The van der Waals surface area contributed by atoms with Crippen LogP contribution in [0.1, 0.15) is 12.7 Å². The van der Waals surface area contributed by atoms with E-state index in [1.807, 2.05) is 6.92 Å². The Bertz CT molecular complexity index is 223. The van der Waals surface area contributed by atoms with Crippen LogP contribution < -0.4 is 10.6 Å². The lowest BCUT2D eigenvalue weighted by molar-refractivity contribution is 0.738. The zero-order chi connectivity index (χ0) is 8.81. The van der Waals surface area contributed by atoms with Crippen molar-refractivity contribution >= 4 is 16.7 Å². The molecule has 5 heteroatoms. The lowest BCUT2D eigenvalue weighted by atomic mass is 10.6. The first-order valence-corrected chi connectivity index (χ1v) is 4.85. The normalized spacial score (nSPS) is 10.2. The number of nitrogens with zero attached hydrogens (tertiary/aromatic N) is 2. The molecule has 0 aliphatic heterocycles. The fourth-order valence-corrected chi connectivity index (χ4v) is 1.40. The second-order valence-corrected chi connectivity index (χ2v) is 3.18. The topological polar surface area (TPSA) is 49.8 Å². The maximum absolute atomic E-state index is 4.18. The van der Waals surface area contributed by atoms with Crippen molar-refractivity contribution in [1.82, 2.24) is 14.7 Å². The Labute approximate surface area is 76.6 Å². The average molecular weight is 186 g/mol. The van der Waals surface area contributed by atoms with Gasteiger partial charge in [-0.3, -0.25) is 0 Å². The standard InChI is InChI=1S/C7H14N4S/c1-3-8-4-5-9-7-10-6(2)11-12-7/h8H,3-5H2,1-2H3,(H,9,10,11). The van der Waals surface area contributed by atoms with Crippen LogP contribution in [0.25, 0.3) is 0 Å². The Morgan fingerprint density at radius 3 is 2.83 bits per heavy atom.